The van der Waals surface area contributed by atoms with Gasteiger partial charge in [-0.25, -0.2) is 9.97 Å². The molecular formula is C14H17Cl2N5O. The van der Waals surface area contributed by atoms with Crippen molar-refractivity contribution in [2.45, 2.75) is 6.04 Å². The zero-order valence-corrected chi connectivity index (χ0v) is 13.8. The minimum Gasteiger partial charge on any atom is -0.378 e. The Hall–Kier alpha value is -1.08. The number of aromatic nitrogens is 3. The second kappa shape index (κ2) is 5.53. The van der Waals surface area contributed by atoms with Crippen molar-refractivity contribution < 1.29 is 4.74 Å². The van der Waals surface area contributed by atoms with E-state index in [0.29, 0.717) is 21.9 Å². The van der Waals surface area contributed by atoms with E-state index in [2.05, 4.69) is 19.8 Å². The van der Waals surface area contributed by atoms with E-state index in [4.69, 9.17) is 27.9 Å². The summed E-state index contributed by atoms with van der Waals surface area (Å²) in [7, 11) is 1.99. The predicted molar refractivity (Wildman–Crippen MR) is 86.9 cm³/mol. The van der Waals surface area contributed by atoms with E-state index in [0.717, 1.165) is 50.9 Å². The van der Waals surface area contributed by atoms with Gasteiger partial charge >= 0.3 is 0 Å². The third-order valence-electron chi connectivity index (χ3n) is 4.51. The van der Waals surface area contributed by atoms with Gasteiger partial charge in [-0.15, -0.1) is 0 Å². The van der Waals surface area contributed by atoms with Crippen LogP contribution in [0.4, 0.5) is 5.95 Å². The van der Waals surface area contributed by atoms with Crippen LogP contribution in [0.5, 0.6) is 0 Å². The van der Waals surface area contributed by atoms with Gasteiger partial charge in [0.25, 0.3) is 0 Å². The van der Waals surface area contributed by atoms with E-state index in [1.54, 1.807) is 6.07 Å². The quantitative estimate of drug-likeness (QED) is 0.779. The van der Waals surface area contributed by atoms with Gasteiger partial charge in [-0.3, -0.25) is 4.90 Å². The molecule has 0 unspecified atom stereocenters. The first-order chi connectivity index (χ1) is 10.6. The number of hydrogen-bond donors (Lipinski definition) is 0. The smallest absolute Gasteiger partial charge is 0.206 e. The van der Waals surface area contributed by atoms with E-state index < -0.39 is 0 Å². The first-order valence-electron chi connectivity index (χ1n) is 7.38. The summed E-state index contributed by atoms with van der Waals surface area (Å²) in [6.07, 6.45) is 0. The molecule has 0 amide bonds. The number of rotatable bonds is 2. The second-order valence-corrected chi connectivity index (χ2v) is 6.53. The molecule has 2 fully saturated rings. The maximum Gasteiger partial charge on any atom is 0.206 e. The molecule has 118 valence electrons. The molecule has 0 aliphatic carbocycles. The third kappa shape index (κ3) is 2.34. The number of fused-ring (bicyclic) bond motifs is 1. The molecule has 0 saturated carbocycles. The van der Waals surface area contributed by atoms with Crippen molar-refractivity contribution in [2.75, 3.05) is 44.3 Å². The van der Waals surface area contributed by atoms with Gasteiger partial charge in [0, 0.05) is 39.3 Å². The fourth-order valence-electron chi connectivity index (χ4n) is 3.11. The fourth-order valence-corrected chi connectivity index (χ4v) is 3.57. The van der Waals surface area contributed by atoms with Crippen LogP contribution in [0.2, 0.25) is 10.3 Å². The molecule has 6 nitrogen and oxygen atoms in total. The molecule has 2 aromatic rings. The summed E-state index contributed by atoms with van der Waals surface area (Å²) in [6, 6.07) is 2.40. The summed E-state index contributed by atoms with van der Waals surface area (Å²) in [6.45, 7) is 5.70. The van der Waals surface area contributed by atoms with Crippen LogP contribution in [0, 0.1) is 0 Å². The van der Waals surface area contributed by atoms with E-state index in [9.17, 15) is 0 Å². The number of piperazine rings is 1. The van der Waals surface area contributed by atoms with Crippen LogP contribution in [0.3, 0.4) is 0 Å². The second-order valence-electron chi connectivity index (χ2n) is 5.79. The molecule has 0 bridgehead atoms. The largest absolute Gasteiger partial charge is 0.378 e. The maximum absolute atomic E-state index is 6.17. The SMILES string of the molecule is Cn1c(N2CCN(C3COC3)CC2)nc2c(Cl)nc(Cl)cc21. The van der Waals surface area contributed by atoms with E-state index in [1.807, 2.05) is 11.6 Å². The zero-order valence-electron chi connectivity index (χ0n) is 12.3. The molecule has 0 atom stereocenters. The Morgan fingerprint density at radius 3 is 2.50 bits per heavy atom. The van der Waals surface area contributed by atoms with Gasteiger partial charge in [0.05, 0.1) is 24.8 Å². The van der Waals surface area contributed by atoms with Crippen molar-refractivity contribution >= 4 is 40.2 Å². The van der Waals surface area contributed by atoms with Crippen LogP contribution in [0.25, 0.3) is 11.0 Å². The van der Waals surface area contributed by atoms with Crippen LogP contribution >= 0.6 is 23.2 Å². The lowest BCUT2D eigenvalue weighted by Gasteiger charge is -2.42. The number of ether oxygens (including phenoxy) is 1. The van der Waals surface area contributed by atoms with Gasteiger partial charge in [0.1, 0.15) is 10.7 Å². The molecule has 8 heteroatoms. The Balaban J connectivity index is 1.59. The Bertz CT molecular complexity index is 707. The van der Waals surface area contributed by atoms with Gasteiger partial charge in [-0.2, -0.15) is 0 Å². The highest BCUT2D eigenvalue weighted by atomic mass is 35.5. The average molecular weight is 342 g/mol. The van der Waals surface area contributed by atoms with Gasteiger partial charge < -0.3 is 14.2 Å². The number of pyridine rings is 1. The Morgan fingerprint density at radius 2 is 1.86 bits per heavy atom. The lowest BCUT2D eigenvalue weighted by atomic mass is 10.2. The molecule has 0 radical (unpaired) electrons. The molecule has 22 heavy (non-hydrogen) atoms. The predicted octanol–water partition coefficient (Wildman–Crippen LogP) is 1.80. The highest BCUT2D eigenvalue weighted by molar-refractivity contribution is 6.36. The van der Waals surface area contributed by atoms with Crippen molar-refractivity contribution in [1.82, 2.24) is 19.4 Å². The minimum atomic E-state index is 0.356. The molecule has 4 heterocycles. The third-order valence-corrected chi connectivity index (χ3v) is 4.96. The Labute approximate surface area is 138 Å². The van der Waals surface area contributed by atoms with E-state index in [-0.39, 0.29) is 0 Å². The monoisotopic (exact) mass is 341 g/mol. The van der Waals surface area contributed by atoms with Crippen LogP contribution < -0.4 is 4.90 Å². The van der Waals surface area contributed by atoms with E-state index >= 15 is 0 Å². The summed E-state index contributed by atoms with van der Waals surface area (Å²) >= 11 is 12.2. The van der Waals surface area contributed by atoms with Crippen molar-refractivity contribution in [3.05, 3.63) is 16.4 Å². The van der Waals surface area contributed by atoms with Crippen molar-refractivity contribution in [1.29, 1.82) is 0 Å². The van der Waals surface area contributed by atoms with Crippen LogP contribution in [0.1, 0.15) is 0 Å². The number of anilines is 1. The number of nitrogens with zero attached hydrogens (tertiary/aromatic N) is 5. The molecule has 2 aliphatic rings. The first kappa shape index (κ1) is 14.5. The number of imidazole rings is 1. The number of halogens is 2. The lowest BCUT2D eigenvalue weighted by molar-refractivity contribution is -0.0661. The van der Waals surface area contributed by atoms with Crippen LogP contribution in [0.15, 0.2) is 6.07 Å². The molecule has 2 aliphatic heterocycles. The van der Waals surface area contributed by atoms with Crippen molar-refractivity contribution in [3.8, 4) is 0 Å². The van der Waals surface area contributed by atoms with E-state index in [1.165, 1.54) is 0 Å². The molecule has 0 N–H and O–H groups in total. The van der Waals surface area contributed by atoms with Crippen molar-refractivity contribution in [3.63, 3.8) is 0 Å². The highest BCUT2D eigenvalue weighted by Crippen LogP contribution is 2.28. The minimum absolute atomic E-state index is 0.356. The maximum atomic E-state index is 6.17. The van der Waals surface area contributed by atoms with Gasteiger partial charge in [-0.1, -0.05) is 23.2 Å². The van der Waals surface area contributed by atoms with Gasteiger partial charge in [0.2, 0.25) is 5.95 Å². The molecule has 0 spiro atoms. The summed E-state index contributed by atoms with van der Waals surface area (Å²) in [5.74, 6) is 0.922. The average Bonchev–Trinajstić information content (AvgIpc) is 2.76. The fraction of sp³-hybridized carbons (Fsp3) is 0.571. The van der Waals surface area contributed by atoms with Gasteiger partial charge in [0.15, 0.2) is 5.15 Å². The topological polar surface area (TPSA) is 46.4 Å². The Morgan fingerprint density at radius 1 is 1.14 bits per heavy atom. The van der Waals surface area contributed by atoms with Gasteiger partial charge in [-0.05, 0) is 0 Å². The number of aryl methyl sites for hydroxylation is 1. The summed E-state index contributed by atoms with van der Waals surface area (Å²) in [4.78, 5) is 13.5. The lowest BCUT2D eigenvalue weighted by Crippen LogP contribution is -2.57. The summed E-state index contributed by atoms with van der Waals surface area (Å²) in [5.41, 5.74) is 1.62. The zero-order chi connectivity index (χ0) is 15.3. The standard InChI is InChI=1S/C14H17Cl2N5O/c1-19-10-6-11(15)17-13(16)12(10)18-14(19)21-4-2-20(3-5-21)9-7-22-8-9/h6,9H,2-5,7-8H2,1H3. The van der Waals surface area contributed by atoms with Crippen LogP contribution in [-0.4, -0.2) is 64.9 Å². The molecule has 0 aromatic carbocycles. The number of hydrogen-bond acceptors (Lipinski definition) is 5. The Kier molecular flexibility index (Phi) is 3.64. The highest BCUT2D eigenvalue weighted by Gasteiger charge is 2.30. The first-order valence-corrected chi connectivity index (χ1v) is 8.14. The van der Waals surface area contributed by atoms with Crippen LogP contribution in [-0.2, 0) is 11.8 Å². The molecule has 4 rings (SSSR count). The summed E-state index contributed by atoms with van der Waals surface area (Å²) in [5, 5.41) is 0.747. The van der Waals surface area contributed by atoms with Crippen molar-refractivity contribution in [2.24, 2.45) is 7.05 Å². The normalized spacial score (nSPS) is 20.6. The molecular weight excluding hydrogens is 325 g/mol. The summed E-state index contributed by atoms with van der Waals surface area (Å²) < 4.78 is 7.32. The molecule has 2 aromatic heterocycles. The molecule has 2 saturated heterocycles.